The molecule has 0 aliphatic rings. The molecule has 0 spiro atoms. The Bertz CT molecular complexity index is 1130. The van der Waals surface area contributed by atoms with Crippen LogP contribution in [0, 0.1) is 0 Å². The van der Waals surface area contributed by atoms with Crippen LogP contribution < -0.4 is 11.5 Å². The lowest BCUT2D eigenvalue weighted by molar-refractivity contribution is 0.100. The first-order chi connectivity index (χ1) is 13.3. The van der Waals surface area contributed by atoms with Crippen LogP contribution in [0.4, 0.5) is 0 Å². The number of guanidine groups is 1. The molecule has 0 unspecified atom stereocenters. The number of rotatable bonds is 6. The number of hydrogen-bond donors (Lipinski definition) is 3. The highest BCUT2D eigenvalue weighted by molar-refractivity contribution is 7.89. The lowest BCUT2D eigenvalue weighted by Crippen LogP contribution is -2.29. The number of aromatic nitrogens is 2. The van der Waals surface area contributed by atoms with Crippen molar-refractivity contribution in [1.29, 1.82) is 0 Å². The Labute approximate surface area is 162 Å². The Morgan fingerprint density at radius 3 is 2.61 bits per heavy atom. The number of nitrogens with zero attached hydrogens (tertiary/aromatic N) is 3. The molecular formula is C18H20N6O3S. The highest BCUT2D eigenvalue weighted by Crippen LogP contribution is 2.24. The molecule has 9 nitrogen and oxygen atoms in total. The van der Waals surface area contributed by atoms with Crippen LogP contribution in [0.25, 0.3) is 11.0 Å². The summed E-state index contributed by atoms with van der Waals surface area (Å²) in [6, 6.07) is 12.2. The minimum absolute atomic E-state index is 0.00202. The summed E-state index contributed by atoms with van der Waals surface area (Å²) in [6.07, 6.45) is 1.93. The van der Waals surface area contributed by atoms with Gasteiger partial charge in [-0.2, -0.15) is 4.99 Å². The van der Waals surface area contributed by atoms with Crippen LogP contribution in [0.3, 0.4) is 0 Å². The molecule has 0 atom stereocenters. The Kier molecular flexibility index (Phi) is 5.43. The maximum atomic E-state index is 13.0. The summed E-state index contributed by atoms with van der Waals surface area (Å²) >= 11 is 0. The standard InChI is InChI=1S/C18H20N6O3S/c1-24(8-7-12-5-3-2-4-6-12)28(26,27)13-9-14(17(25)23-18(19)20)16-15(10-13)21-11-22-16/h2-6,9-11H,7-8H2,1H3,(H,21,22)(H4,19,20,23,25). The van der Waals surface area contributed by atoms with E-state index in [1.807, 2.05) is 30.3 Å². The second-order valence-corrected chi connectivity index (χ2v) is 8.22. The van der Waals surface area contributed by atoms with E-state index < -0.39 is 21.9 Å². The van der Waals surface area contributed by atoms with E-state index in [0.29, 0.717) is 17.5 Å². The average Bonchev–Trinajstić information content (AvgIpc) is 3.14. The minimum atomic E-state index is -3.84. The molecule has 0 fully saturated rings. The number of imidazole rings is 1. The third-order valence-electron chi connectivity index (χ3n) is 4.22. The number of carbonyl (C=O) groups excluding carboxylic acids is 1. The van der Waals surface area contributed by atoms with E-state index in [9.17, 15) is 13.2 Å². The Morgan fingerprint density at radius 2 is 1.93 bits per heavy atom. The fraction of sp³-hybridized carbons (Fsp3) is 0.167. The summed E-state index contributed by atoms with van der Waals surface area (Å²) in [5.74, 6) is -1.18. The summed E-state index contributed by atoms with van der Waals surface area (Å²) in [5, 5.41) is 0. The van der Waals surface area contributed by atoms with Crippen molar-refractivity contribution in [2.24, 2.45) is 16.5 Å². The van der Waals surface area contributed by atoms with Crippen LogP contribution in [-0.2, 0) is 16.4 Å². The third kappa shape index (κ3) is 4.02. The number of likely N-dealkylation sites (N-methyl/N-ethyl adjacent to an activating group) is 1. The average molecular weight is 400 g/mol. The number of aromatic amines is 1. The summed E-state index contributed by atoms with van der Waals surface area (Å²) in [5.41, 5.74) is 12.3. The molecule has 0 radical (unpaired) electrons. The number of benzene rings is 2. The predicted octanol–water partition coefficient (Wildman–Crippen LogP) is 0.840. The van der Waals surface area contributed by atoms with Crippen LogP contribution in [0.1, 0.15) is 15.9 Å². The number of fused-ring (bicyclic) bond motifs is 1. The first-order valence-electron chi connectivity index (χ1n) is 8.40. The maximum Gasteiger partial charge on any atom is 0.282 e. The van der Waals surface area contributed by atoms with Crippen molar-refractivity contribution >= 4 is 32.9 Å². The minimum Gasteiger partial charge on any atom is -0.370 e. The van der Waals surface area contributed by atoms with E-state index in [4.69, 9.17) is 11.5 Å². The number of carbonyl (C=O) groups is 1. The van der Waals surface area contributed by atoms with Crippen LogP contribution in [0.15, 0.2) is 58.7 Å². The summed E-state index contributed by atoms with van der Waals surface area (Å²) < 4.78 is 27.3. The molecule has 1 aromatic heterocycles. The van der Waals surface area contributed by atoms with Gasteiger partial charge in [-0.15, -0.1) is 0 Å². The van der Waals surface area contributed by atoms with Crippen LogP contribution in [0.2, 0.25) is 0 Å². The van der Waals surface area contributed by atoms with Gasteiger partial charge in [0.05, 0.1) is 22.3 Å². The largest absolute Gasteiger partial charge is 0.370 e. The Balaban J connectivity index is 1.95. The van der Waals surface area contributed by atoms with Crippen molar-refractivity contribution in [3.63, 3.8) is 0 Å². The molecule has 0 saturated heterocycles. The van der Waals surface area contributed by atoms with Crippen molar-refractivity contribution < 1.29 is 13.2 Å². The van der Waals surface area contributed by atoms with E-state index in [2.05, 4.69) is 15.0 Å². The molecule has 3 rings (SSSR count). The SMILES string of the molecule is CN(CCc1ccccc1)S(=O)(=O)c1cc(C(=O)N=C(N)N)c2nc[nH]c2c1. The quantitative estimate of drug-likeness (QED) is 0.412. The molecule has 0 aliphatic carbocycles. The topological polar surface area (TPSA) is 148 Å². The second-order valence-electron chi connectivity index (χ2n) is 6.17. The number of aliphatic imine (C=N–C) groups is 1. The van der Waals surface area contributed by atoms with Gasteiger partial charge in [0.15, 0.2) is 5.96 Å². The van der Waals surface area contributed by atoms with E-state index >= 15 is 0 Å². The van der Waals surface area contributed by atoms with E-state index in [-0.39, 0.29) is 17.0 Å². The van der Waals surface area contributed by atoms with Crippen LogP contribution in [-0.4, -0.2) is 48.2 Å². The lowest BCUT2D eigenvalue weighted by Gasteiger charge is -2.17. The molecule has 0 bridgehead atoms. The summed E-state index contributed by atoms with van der Waals surface area (Å²) in [4.78, 5) is 22.6. The van der Waals surface area contributed by atoms with Crippen LogP contribution >= 0.6 is 0 Å². The molecule has 28 heavy (non-hydrogen) atoms. The molecular weight excluding hydrogens is 380 g/mol. The van der Waals surface area contributed by atoms with Gasteiger partial charge in [-0.3, -0.25) is 4.79 Å². The monoisotopic (exact) mass is 400 g/mol. The second kappa shape index (κ2) is 7.79. The maximum absolute atomic E-state index is 13.0. The van der Waals surface area contributed by atoms with Crippen LogP contribution in [0.5, 0.6) is 0 Å². The highest BCUT2D eigenvalue weighted by atomic mass is 32.2. The van der Waals surface area contributed by atoms with Gasteiger partial charge in [-0.05, 0) is 24.1 Å². The van der Waals surface area contributed by atoms with Gasteiger partial charge in [-0.25, -0.2) is 17.7 Å². The molecule has 1 heterocycles. The zero-order chi connectivity index (χ0) is 20.3. The summed E-state index contributed by atoms with van der Waals surface area (Å²) in [7, 11) is -2.35. The lowest BCUT2D eigenvalue weighted by atomic mass is 10.1. The van der Waals surface area contributed by atoms with Crippen molar-refractivity contribution in [2.45, 2.75) is 11.3 Å². The molecule has 1 amide bonds. The number of hydrogen-bond acceptors (Lipinski definition) is 4. The van der Waals surface area contributed by atoms with Crippen molar-refractivity contribution in [3.05, 3.63) is 59.9 Å². The molecule has 5 N–H and O–H groups in total. The molecule has 0 aliphatic heterocycles. The fourth-order valence-corrected chi connectivity index (χ4v) is 3.97. The number of sulfonamides is 1. The van der Waals surface area contributed by atoms with Gasteiger partial charge in [-0.1, -0.05) is 30.3 Å². The number of amides is 1. The van der Waals surface area contributed by atoms with Gasteiger partial charge in [0.1, 0.15) is 5.52 Å². The van der Waals surface area contributed by atoms with Crippen molar-refractivity contribution in [2.75, 3.05) is 13.6 Å². The molecule has 2 aromatic carbocycles. The molecule has 146 valence electrons. The van der Waals surface area contributed by atoms with Gasteiger partial charge in [0.25, 0.3) is 5.91 Å². The zero-order valence-electron chi connectivity index (χ0n) is 15.2. The fourth-order valence-electron chi connectivity index (χ4n) is 2.74. The zero-order valence-corrected chi connectivity index (χ0v) is 16.0. The van der Waals surface area contributed by atoms with Gasteiger partial charge >= 0.3 is 0 Å². The van der Waals surface area contributed by atoms with Crippen molar-refractivity contribution in [1.82, 2.24) is 14.3 Å². The van der Waals surface area contributed by atoms with Crippen molar-refractivity contribution in [3.8, 4) is 0 Å². The highest BCUT2D eigenvalue weighted by Gasteiger charge is 2.24. The third-order valence-corrected chi connectivity index (χ3v) is 6.06. The summed E-state index contributed by atoms with van der Waals surface area (Å²) in [6.45, 7) is 0.282. The first kappa shape index (κ1) is 19.5. The van der Waals surface area contributed by atoms with E-state index in [0.717, 1.165) is 5.56 Å². The number of H-pyrrole nitrogens is 1. The Morgan fingerprint density at radius 1 is 1.21 bits per heavy atom. The van der Waals surface area contributed by atoms with E-state index in [1.165, 1.54) is 29.8 Å². The van der Waals surface area contributed by atoms with E-state index in [1.54, 1.807) is 0 Å². The normalized spacial score (nSPS) is 11.6. The molecule has 3 aromatic rings. The smallest absolute Gasteiger partial charge is 0.282 e. The molecule has 0 saturated carbocycles. The number of nitrogens with one attached hydrogen (secondary N) is 1. The van der Waals surface area contributed by atoms with Gasteiger partial charge in [0, 0.05) is 13.6 Å². The van der Waals surface area contributed by atoms with Gasteiger partial charge in [0.2, 0.25) is 10.0 Å². The predicted molar refractivity (Wildman–Crippen MR) is 106 cm³/mol. The first-order valence-corrected chi connectivity index (χ1v) is 9.84. The van der Waals surface area contributed by atoms with Gasteiger partial charge < -0.3 is 16.5 Å². The number of nitrogens with two attached hydrogens (primary N) is 2. The Hall–Kier alpha value is -3.24. The molecule has 10 heteroatoms.